The van der Waals surface area contributed by atoms with Gasteiger partial charge in [-0.3, -0.25) is 9.59 Å². The van der Waals surface area contributed by atoms with E-state index >= 15 is 0 Å². The van der Waals surface area contributed by atoms with Crippen LogP contribution in [-0.2, 0) is 22.6 Å². The van der Waals surface area contributed by atoms with E-state index in [1.54, 1.807) is 6.07 Å². The number of aromatic nitrogens is 2. The highest BCUT2D eigenvalue weighted by Gasteiger charge is 2.28. The summed E-state index contributed by atoms with van der Waals surface area (Å²) in [5, 5.41) is 9.17. The van der Waals surface area contributed by atoms with E-state index in [4.69, 9.17) is 15.6 Å². The largest absolute Gasteiger partial charge is 0.479 e. The van der Waals surface area contributed by atoms with Crippen LogP contribution >= 0.6 is 0 Å². The molecule has 0 unspecified atom stereocenters. The number of amides is 1. The predicted molar refractivity (Wildman–Crippen MR) is 95.2 cm³/mol. The van der Waals surface area contributed by atoms with Gasteiger partial charge in [0.05, 0.1) is 16.5 Å². The average molecular weight is 359 g/mol. The maximum absolute atomic E-state index is 12.5. The molecule has 0 aromatic carbocycles. The third-order valence-electron chi connectivity index (χ3n) is 4.07. The number of carbonyl (C=O) groups is 3. The number of aliphatic carboxylic acids is 1. The van der Waals surface area contributed by atoms with Gasteiger partial charge in [0.1, 0.15) is 0 Å². The van der Waals surface area contributed by atoms with Crippen molar-refractivity contribution in [2.24, 2.45) is 5.73 Å². The van der Waals surface area contributed by atoms with Crippen LogP contribution in [0.15, 0.2) is 23.9 Å². The smallest absolute Gasteiger partial charge is 0.341 e. The van der Waals surface area contributed by atoms with Crippen LogP contribution in [0.3, 0.4) is 0 Å². The molecular formula is C18H21N3O5. The molecule has 2 aromatic rings. The molecule has 0 saturated heterocycles. The lowest BCUT2D eigenvalue weighted by molar-refractivity contribution is -0.139. The fraction of sp³-hybridized carbons (Fsp3) is 0.333. The summed E-state index contributed by atoms with van der Waals surface area (Å²) in [4.78, 5) is 39.0. The lowest BCUT2D eigenvalue weighted by Gasteiger charge is -2.10. The Morgan fingerprint density at radius 2 is 2.08 bits per heavy atom. The summed E-state index contributed by atoms with van der Waals surface area (Å²) >= 11 is 0. The highest BCUT2D eigenvalue weighted by atomic mass is 16.5. The number of fused-ring (bicyclic) bond motifs is 1. The van der Waals surface area contributed by atoms with Gasteiger partial charge in [0, 0.05) is 18.4 Å². The third kappa shape index (κ3) is 3.58. The van der Waals surface area contributed by atoms with Crippen molar-refractivity contribution in [3.63, 3.8) is 0 Å². The van der Waals surface area contributed by atoms with Gasteiger partial charge < -0.3 is 20.1 Å². The molecule has 8 nitrogen and oxygen atoms in total. The zero-order valence-electron chi connectivity index (χ0n) is 14.9. The molecule has 0 radical (unpaired) electrons. The van der Waals surface area contributed by atoms with Gasteiger partial charge >= 0.3 is 5.97 Å². The van der Waals surface area contributed by atoms with Gasteiger partial charge in [-0.05, 0) is 26.3 Å². The summed E-state index contributed by atoms with van der Waals surface area (Å²) in [7, 11) is 0. The molecule has 2 aromatic heterocycles. The molecule has 0 bridgehead atoms. The highest BCUT2D eigenvalue weighted by Crippen LogP contribution is 2.33. The normalized spacial score (nSPS) is 11.6. The van der Waals surface area contributed by atoms with Crippen LogP contribution in [-0.4, -0.2) is 38.9 Å². The number of rotatable bonds is 8. The number of pyridine rings is 1. The van der Waals surface area contributed by atoms with Crippen LogP contribution < -0.4 is 10.5 Å². The number of ether oxygens (including phenoxy) is 1. The SMILES string of the molecule is C/C=C(\C)Cn1c(CC)c(C(=O)C(N)=O)c2c(OCC(=O)O)nccc21. The van der Waals surface area contributed by atoms with Crippen molar-refractivity contribution in [1.29, 1.82) is 0 Å². The summed E-state index contributed by atoms with van der Waals surface area (Å²) in [6.07, 6.45) is 3.89. The monoisotopic (exact) mass is 359 g/mol. The Morgan fingerprint density at radius 3 is 2.62 bits per heavy atom. The number of nitrogens with zero attached hydrogens (tertiary/aromatic N) is 2. The van der Waals surface area contributed by atoms with Crippen LogP contribution in [0.2, 0.25) is 0 Å². The second kappa shape index (κ2) is 7.81. The van der Waals surface area contributed by atoms with Crippen molar-refractivity contribution in [3.05, 3.63) is 35.2 Å². The van der Waals surface area contributed by atoms with Crippen LogP contribution in [0.4, 0.5) is 0 Å². The topological polar surface area (TPSA) is 125 Å². The fourth-order valence-electron chi connectivity index (χ4n) is 2.81. The van der Waals surface area contributed by atoms with E-state index < -0.39 is 24.3 Å². The lowest BCUT2D eigenvalue weighted by atomic mass is 10.1. The first-order valence-electron chi connectivity index (χ1n) is 8.12. The molecule has 0 aliphatic heterocycles. The predicted octanol–water partition coefficient (Wildman–Crippen LogP) is 1.70. The van der Waals surface area contributed by atoms with Crippen molar-refractivity contribution in [2.45, 2.75) is 33.7 Å². The molecule has 0 aliphatic carbocycles. The van der Waals surface area contributed by atoms with Gasteiger partial charge in [-0.2, -0.15) is 0 Å². The first-order chi connectivity index (χ1) is 12.3. The molecule has 0 fully saturated rings. The van der Waals surface area contributed by atoms with E-state index in [1.807, 2.05) is 31.4 Å². The van der Waals surface area contributed by atoms with Gasteiger partial charge in [-0.15, -0.1) is 0 Å². The van der Waals surface area contributed by atoms with Crippen LogP contribution in [0.25, 0.3) is 10.9 Å². The van der Waals surface area contributed by atoms with Crippen molar-refractivity contribution in [1.82, 2.24) is 9.55 Å². The number of Topliss-reactive ketones (excluding diaryl/α,β-unsaturated/α-hetero) is 1. The molecule has 0 atom stereocenters. The third-order valence-corrected chi connectivity index (χ3v) is 4.07. The maximum Gasteiger partial charge on any atom is 0.341 e. The van der Waals surface area contributed by atoms with E-state index in [9.17, 15) is 14.4 Å². The Bertz CT molecular complexity index is 911. The molecule has 0 aliphatic rings. The number of hydrogen-bond acceptors (Lipinski definition) is 5. The van der Waals surface area contributed by atoms with E-state index in [2.05, 4.69) is 4.98 Å². The lowest BCUT2D eigenvalue weighted by Crippen LogP contribution is -2.24. The number of primary amides is 1. The van der Waals surface area contributed by atoms with Crippen molar-refractivity contribution in [2.75, 3.05) is 6.61 Å². The maximum atomic E-state index is 12.5. The number of nitrogens with two attached hydrogens (primary N) is 1. The number of carboxylic acids is 1. The molecule has 0 spiro atoms. The van der Waals surface area contributed by atoms with Gasteiger partial charge in [0.25, 0.3) is 11.7 Å². The summed E-state index contributed by atoms with van der Waals surface area (Å²) in [6.45, 7) is 5.61. The molecular weight excluding hydrogens is 338 g/mol. The van der Waals surface area contributed by atoms with Gasteiger partial charge in [-0.1, -0.05) is 18.6 Å². The van der Waals surface area contributed by atoms with Crippen LogP contribution in [0.5, 0.6) is 5.88 Å². The Kier molecular flexibility index (Phi) is 5.76. The van der Waals surface area contributed by atoms with Crippen molar-refractivity contribution in [3.8, 4) is 5.88 Å². The zero-order chi connectivity index (χ0) is 19.4. The van der Waals surface area contributed by atoms with E-state index in [-0.39, 0.29) is 11.4 Å². The number of ketones is 1. The van der Waals surface area contributed by atoms with Crippen LogP contribution in [0, 0.1) is 0 Å². The number of allylic oxidation sites excluding steroid dienone is 2. The van der Waals surface area contributed by atoms with Gasteiger partial charge in [-0.25, -0.2) is 9.78 Å². The summed E-state index contributed by atoms with van der Waals surface area (Å²) in [5.41, 5.74) is 7.65. The summed E-state index contributed by atoms with van der Waals surface area (Å²) < 4.78 is 7.15. The summed E-state index contributed by atoms with van der Waals surface area (Å²) in [5.74, 6) is -3.13. The van der Waals surface area contributed by atoms with E-state index in [0.29, 0.717) is 29.6 Å². The fourth-order valence-corrected chi connectivity index (χ4v) is 2.81. The van der Waals surface area contributed by atoms with Gasteiger partial charge in [0.2, 0.25) is 5.88 Å². The zero-order valence-corrected chi connectivity index (χ0v) is 14.9. The Morgan fingerprint density at radius 1 is 1.38 bits per heavy atom. The number of hydrogen-bond donors (Lipinski definition) is 2. The second-order valence-corrected chi connectivity index (χ2v) is 5.78. The molecule has 2 heterocycles. The minimum absolute atomic E-state index is 0.0129. The quantitative estimate of drug-likeness (QED) is 0.420. The van der Waals surface area contributed by atoms with Crippen molar-refractivity contribution < 1.29 is 24.2 Å². The molecule has 26 heavy (non-hydrogen) atoms. The molecule has 0 saturated carbocycles. The Labute approximate surface area is 150 Å². The summed E-state index contributed by atoms with van der Waals surface area (Å²) in [6, 6.07) is 1.70. The minimum atomic E-state index is -1.17. The van der Waals surface area contributed by atoms with Crippen molar-refractivity contribution >= 4 is 28.6 Å². The second-order valence-electron chi connectivity index (χ2n) is 5.78. The molecule has 3 N–H and O–H groups in total. The molecule has 2 rings (SSSR count). The van der Waals surface area contributed by atoms with E-state index in [0.717, 1.165) is 5.57 Å². The Balaban J connectivity index is 2.83. The van der Waals surface area contributed by atoms with E-state index in [1.165, 1.54) is 6.20 Å². The first kappa shape index (κ1) is 19.2. The molecule has 8 heteroatoms. The molecule has 1 amide bonds. The average Bonchev–Trinajstić information content (AvgIpc) is 2.92. The first-order valence-corrected chi connectivity index (χ1v) is 8.12. The number of carbonyl (C=O) groups excluding carboxylic acids is 2. The Hall–Kier alpha value is -3.16. The van der Waals surface area contributed by atoms with Gasteiger partial charge in [0.15, 0.2) is 6.61 Å². The highest BCUT2D eigenvalue weighted by molar-refractivity contribution is 6.45. The minimum Gasteiger partial charge on any atom is -0.479 e. The van der Waals surface area contributed by atoms with Crippen LogP contribution in [0.1, 0.15) is 36.8 Å². The number of carboxylic acid groups (broad SMARTS) is 1. The molecule has 138 valence electrons. The standard InChI is InChI=1S/C18H21N3O5/c1-4-10(3)8-21-11(5-2)14(16(24)17(19)25)15-12(21)6-7-20-18(15)26-9-13(22)23/h4,6-7H,5,8-9H2,1-3H3,(H2,19,25)(H,22,23)/b10-4+.